The third-order valence-electron chi connectivity index (χ3n) is 4.83. The Hall–Kier alpha value is -2.94. The molecule has 1 saturated heterocycles. The van der Waals surface area contributed by atoms with E-state index in [1.54, 1.807) is 18.7 Å². The number of nitro benzene ring substituents is 1. The monoisotopic (exact) mass is 406 g/mol. The summed E-state index contributed by atoms with van der Waals surface area (Å²) < 4.78 is 5.08. The van der Waals surface area contributed by atoms with Gasteiger partial charge in [0.2, 0.25) is 5.91 Å². The summed E-state index contributed by atoms with van der Waals surface area (Å²) in [6.45, 7) is 4.77. The predicted octanol–water partition coefficient (Wildman–Crippen LogP) is 2.38. The van der Waals surface area contributed by atoms with Crippen LogP contribution in [0.1, 0.15) is 27.4 Å². The van der Waals surface area contributed by atoms with Crippen LogP contribution in [0.3, 0.4) is 0 Å². The van der Waals surface area contributed by atoms with Gasteiger partial charge in [-0.2, -0.15) is 0 Å². The molecule has 0 aliphatic carbocycles. The van der Waals surface area contributed by atoms with Gasteiger partial charge in [0.05, 0.1) is 22.1 Å². The van der Waals surface area contributed by atoms with Gasteiger partial charge < -0.3 is 14.3 Å². The Morgan fingerprint density at radius 2 is 1.86 bits per heavy atom. The number of rotatable bonds is 4. The van der Waals surface area contributed by atoms with Gasteiger partial charge in [-0.15, -0.1) is 0 Å². The molecule has 2 aromatic rings. The highest BCUT2D eigenvalue weighted by Crippen LogP contribution is 2.28. The molecular weight excluding hydrogens is 388 g/mol. The van der Waals surface area contributed by atoms with E-state index in [1.165, 1.54) is 23.1 Å². The van der Waals surface area contributed by atoms with Crippen molar-refractivity contribution in [1.82, 2.24) is 15.0 Å². The fourth-order valence-corrected chi connectivity index (χ4v) is 3.46. The van der Waals surface area contributed by atoms with E-state index in [1.807, 2.05) is 0 Å². The van der Waals surface area contributed by atoms with Gasteiger partial charge in [-0.1, -0.05) is 22.8 Å². The molecule has 3 rings (SSSR count). The van der Waals surface area contributed by atoms with Crippen LogP contribution < -0.4 is 0 Å². The van der Waals surface area contributed by atoms with Crippen LogP contribution in [0.25, 0.3) is 0 Å². The van der Waals surface area contributed by atoms with E-state index >= 15 is 0 Å². The number of piperazine rings is 1. The number of amides is 2. The molecule has 0 N–H and O–H groups in total. The normalized spacial score (nSPS) is 14.2. The van der Waals surface area contributed by atoms with Crippen molar-refractivity contribution in [3.05, 3.63) is 55.9 Å². The van der Waals surface area contributed by atoms with E-state index in [4.69, 9.17) is 16.1 Å². The van der Waals surface area contributed by atoms with Gasteiger partial charge in [-0.25, -0.2) is 0 Å². The average Bonchev–Trinajstić information content (AvgIpc) is 2.99. The van der Waals surface area contributed by atoms with Crippen molar-refractivity contribution in [2.24, 2.45) is 0 Å². The molecule has 1 aliphatic rings. The maximum atomic E-state index is 12.8. The smallest absolute Gasteiger partial charge is 0.283 e. The van der Waals surface area contributed by atoms with Gasteiger partial charge in [0.15, 0.2) is 0 Å². The summed E-state index contributed by atoms with van der Waals surface area (Å²) in [6, 6.07) is 4.14. The molecule has 1 aromatic carbocycles. The Balaban J connectivity index is 1.67. The molecule has 1 aliphatic heterocycles. The van der Waals surface area contributed by atoms with E-state index in [-0.39, 0.29) is 41.7 Å². The summed E-state index contributed by atoms with van der Waals surface area (Å²) >= 11 is 6.04. The zero-order valence-corrected chi connectivity index (χ0v) is 16.2. The largest absolute Gasteiger partial charge is 0.361 e. The lowest BCUT2D eigenvalue weighted by Crippen LogP contribution is -2.51. The average molecular weight is 407 g/mol. The maximum absolute atomic E-state index is 12.8. The third kappa shape index (κ3) is 3.84. The van der Waals surface area contributed by atoms with Gasteiger partial charge in [0.25, 0.3) is 11.6 Å². The molecule has 0 spiro atoms. The summed E-state index contributed by atoms with van der Waals surface area (Å²) in [7, 11) is 0. The Morgan fingerprint density at radius 3 is 2.43 bits per heavy atom. The number of nitro groups is 1. The molecule has 0 radical (unpaired) electrons. The first-order valence-corrected chi connectivity index (χ1v) is 9.09. The predicted molar refractivity (Wildman–Crippen MR) is 100 cm³/mol. The van der Waals surface area contributed by atoms with Gasteiger partial charge >= 0.3 is 0 Å². The molecule has 148 valence electrons. The number of hydrogen-bond donors (Lipinski definition) is 0. The minimum absolute atomic E-state index is 0.0381. The van der Waals surface area contributed by atoms with E-state index in [0.29, 0.717) is 24.5 Å². The topological polar surface area (TPSA) is 110 Å². The van der Waals surface area contributed by atoms with Gasteiger partial charge in [-0.05, 0) is 19.9 Å². The maximum Gasteiger partial charge on any atom is 0.283 e. The van der Waals surface area contributed by atoms with Gasteiger partial charge in [0.1, 0.15) is 11.3 Å². The van der Waals surface area contributed by atoms with Crippen molar-refractivity contribution >= 4 is 29.1 Å². The summed E-state index contributed by atoms with van der Waals surface area (Å²) in [4.78, 5) is 39.1. The Bertz CT molecular complexity index is 915. The zero-order valence-electron chi connectivity index (χ0n) is 15.5. The quantitative estimate of drug-likeness (QED) is 0.569. The molecule has 0 bridgehead atoms. The van der Waals surface area contributed by atoms with Crippen LogP contribution in [-0.4, -0.2) is 57.9 Å². The van der Waals surface area contributed by atoms with Crippen molar-refractivity contribution < 1.29 is 19.0 Å². The highest BCUT2D eigenvalue weighted by atomic mass is 35.5. The second-order valence-electron chi connectivity index (χ2n) is 6.54. The molecule has 2 heterocycles. The highest BCUT2D eigenvalue weighted by Gasteiger charge is 2.31. The molecule has 1 aromatic heterocycles. The minimum Gasteiger partial charge on any atom is -0.361 e. The summed E-state index contributed by atoms with van der Waals surface area (Å²) in [6.07, 6.45) is 0.186. The Labute approximate surface area is 166 Å². The number of benzene rings is 1. The Kier molecular flexibility index (Phi) is 5.64. The third-order valence-corrected chi connectivity index (χ3v) is 5.15. The van der Waals surface area contributed by atoms with E-state index in [0.717, 1.165) is 5.56 Å². The van der Waals surface area contributed by atoms with Gasteiger partial charge in [0, 0.05) is 37.8 Å². The number of carbonyl (C=O) groups excluding carboxylic acids is 2. The fraction of sp³-hybridized carbons (Fsp3) is 0.389. The van der Waals surface area contributed by atoms with Crippen molar-refractivity contribution in [1.29, 1.82) is 0 Å². The zero-order chi connectivity index (χ0) is 20.4. The van der Waals surface area contributed by atoms with Crippen LogP contribution in [0.4, 0.5) is 5.69 Å². The number of aryl methyl sites for hydroxylation is 2. The van der Waals surface area contributed by atoms with Crippen LogP contribution in [0.5, 0.6) is 0 Å². The Morgan fingerprint density at radius 1 is 1.21 bits per heavy atom. The van der Waals surface area contributed by atoms with Crippen molar-refractivity contribution in [3.8, 4) is 0 Å². The molecule has 2 amide bonds. The van der Waals surface area contributed by atoms with Crippen LogP contribution >= 0.6 is 11.6 Å². The lowest BCUT2D eigenvalue weighted by Gasteiger charge is -2.35. The summed E-state index contributed by atoms with van der Waals surface area (Å²) in [5.41, 5.74) is 1.01. The second-order valence-corrected chi connectivity index (χ2v) is 6.95. The van der Waals surface area contributed by atoms with Crippen LogP contribution in [0, 0.1) is 24.0 Å². The molecule has 28 heavy (non-hydrogen) atoms. The van der Waals surface area contributed by atoms with E-state index in [2.05, 4.69) is 5.16 Å². The first-order valence-electron chi connectivity index (χ1n) is 8.71. The van der Waals surface area contributed by atoms with Crippen LogP contribution in [0.15, 0.2) is 22.7 Å². The first kappa shape index (κ1) is 19.8. The van der Waals surface area contributed by atoms with Crippen molar-refractivity contribution in [3.63, 3.8) is 0 Å². The number of halogens is 1. The fourth-order valence-electron chi connectivity index (χ4n) is 3.21. The standard InChI is InChI=1S/C18H19ClN4O5/c1-11-13(12(2)28-20-11)10-16(24)21-6-8-22(9-7-21)18(25)17-14(19)4-3-5-15(17)23(26)27/h3-5H,6-10H2,1-2H3. The van der Waals surface area contributed by atoms with E-state index < -0.39 is 10.8 Å². The summed E-state index contributed by atoms with van der Waals surface area (Å²) in [5, 5.41) is 15.1. The van der Waals surface area contributed by atoms with Crippen molar-refractivity contribution in [2.75, 3.05) is 26.2 Å². The molecule has 0 atom stereocenters. The number of aromatic nitrogens is 1. The van der Waals surface area contributed by atoms with Crippen molar-refractivity contribution in [2.45, 2.75) is 20.3 Å². The SMILES string of the molecule is Cc1noc(C)c1CC(=O)N1CCN(C(=O)c2c(Cl)cccc2[N+](=O)[O-])CC1. The van der Waals surface area contributed by atoms with Crippen LogP contribution in [0.2, 0.25) is 5.02 Å². The minimum atomic E-state index is -0.623. The number of hydrogen-bond acceptors (Lipinski definition) is 6. The second kappa shape index (κ2) is 7.97. The molecule has 9 nitrogen and oxygen atoms in total. The molecular formula is C18H19ClN4O5. The molecule has 0 saturated carbocycles. The van der Waals surface area contributed by atoms with Gasteiger partial charge in [-0.3, -0.25) is 19.7 Å². The van der Waals surface area contributed by atoms with E-state index in [9.17, 15) is 19.7 Å². The molecule has 10 heteroatoms. The van der Waals surface area contributed by atoms with Crippen LogP contribution in [-0.2, 0) is 11.2 Å². The first-order chi connectivity index (χ1) is 13.3. The summed E-state index contributed by atoms with van der Waals surface area (Å²) in [5.74, 6) is 0.0334. The number of carbonyl (C=O) groups is 2. The molecule has 0 unspecified atom stereocenters. The number of nitrogens with zero attached hydrogens (tertiary/aromatic N) is 4. The lowest BCUT2D eigenvalue weighted by molar-refractivity contribution is -0.385. The molecule has 1 fully saturated rings. The highest BCUT2D eigenvalue weighted by molar-refractivity contribution is 6.34. The lowest BCUT2D eigenvalue weighted by atomic mass is 10.1.